The predicted octanol–water partition coefficient (Wildman–Crippen LogP) is 6.81. The zero-order valence-corrected chi connectivity index (χ0v) is 26.8. The van der Waals surface area contributed by atoms with Crippen LogP contribution in [0.5, 0.6) is 0 Å². The number of anilines is 5. The topological polar surface area (TPSA) is 72.5 Å². The molecule has 226 valence electrons. The third-order valence-electron chi connectivity index (χ3n) is 8.34. The predicted molar refractivity (Wildman–Crippen MR) is 178 cm³/mol. The van der Waals surface area contributed by atoms with E-state index in [2.05, 4.69) is 88.1 Å². The summed E-state index contributed by atoms with van der Waals surface area (Å²) in [6.45, 7) is 23.3. The minimum Gasteiger partial charge on any atom is -0.356 e. The van der Waals surface area contributed by atoms with Gasteiger partial charge in [0.1, 0.15) is 11.6 Å². The second kappa shape index (κ2) is 14.6. The summed E-state index contributed by atoms with van der Waals surface area (Å²) in [5.41, 5.74) is 7.31. The largest absolute Gasteiger partial charge is 0.356 e. The van der Waals surface area contributed by atoms with E-state index < -0.39 is 0 Å². The quantitative estimate of drug-likeness (QED) is 0.306. The van der Waals surface area contributed by atoms with Gasteiger partial charge in [-0.25, -0.2) is 9.97 Å². The van der Waals surface area contributed by atoms with E-state index in [-0.39, 0.29) is 0 Å². The number of hydrogen-bond acceptors (Lipinski definition) is 8. The fraction of sp³-hybridized carbons (Fsp3) is 0.500. The lowest BCUT2D eigenvalue weighted by Gasteiger charge is -2.42. The molecule has 0 saturated carbocycles. The van der Waals surface area contributed by atoms with Crippen molar-refractivity contribution in [1.29, 1.82) is 0 Å². The van der Waals surface area contributed by atoms with Crippen LogP contribution in [0.15, 0.2) is 43.1 Å². The number of piperazine rings is 1. The standard InChI is InChI=1S/C32H44N8.C2H6/c1-7-25-9-8-10-28(30(25)22(2)3)35-31-23(4)21-33-32(37-31)36-27-11-12-29(34-24(27)5)40-15-13-26(14-16-40)39-19-17-38(6)18-20-39;1-2/h8-12,21,26H,2,7,13-20H2,1,3-6H3,(H2,33,35,36,37);1-2H3. The van der Waals surface area contributed by atoms with E-state index in [1.54, 1.807) is 0 Å². The second-order valence-electron chi connectivity index (χ2n) is 11.3. The lowest BCUT2D eigenvalue weighted by atomic mass is 9.98. The normalized spacial score (nSPS) is 16.5. The van der Waals surface area contributed by atoms with E-state index in [1.807, 2.05) is 33.9 Å². The van der Waals surface area contributed by atoms with E-state index in [1.165, 1.54) is 44.6 Å². The van der Waals surface area contributed by atoms with Gasteiger partial charge in [-0.15, -0.1) is 0 Å². The number of pyridine rings is 1. The molecule has 1 aromatic carbocycles. The van der Waals surface area contributed by atoms with E-state index >= 15 is 0 Å². The Morgan fingerprint density at radius 3 is 2.29 bits per heavy atom. The van der Waals surface area contributed by atoms with Crippen LogP contribution < -0.4 is 15.5 Å². The van der Waals surface area contributed by atoms with Crippen LogP contribution in [0.25, 0.3) is 5.57 Å². The molecule has 2 N–H and O–H groups in total. The highest BCUT2D eigenvalue weighted by Crippen LogP contribution is 2.31. The smallest absolute Gasteiger partial charge is 0.229 e. The zero-order valence-electron chi connectivity index (χ0n) is 26.8. The molecule has 42 heavy (non-hydrogen) atoms. The molecule has 8 nitrogen and oxygen atoms in total. The van der Waals surface area contributed by atoms with Crippen LogP contribution in [-0.4, -0.2) is 77.1 Å². The Morgan fingerprint density at radius 2 is 1.64 bits per heavy atom. The molecule has 0 spiro atoms. The number of piperidine rings is 1. The summed E-state index contributed by atoms with van der Waals surface area (Å²) in [5.74, 6) is 2.37. The summed E-state index contributed by atoms with van der Waals surface area (Å²) in [5, 5.41) is 6.94. The molecular formula is C34H50N8. The maximum Gasteiger partial charge on any atom is 0.229 e. The number of nitrogens with one attached hydrogen (secondary N) is 2. The van der Waals surface area contributed by atoms with Crippen LogP contribution in [0.4, 0.5) is 29.0 Å². The van der Waals surface area contributed by atoms with Crippen molar-refractivity contribution in [2.45, 2.75) is 66.8 Å². The number of benzene rings is 1. The highest BCUT2D eigenvalue weighted by atomic mass is 15.3. The van der Waals surface area contributed by atoms with Gasteiger partial charge in [-0.2, -0.15) is 4.98 Å². The molecule has 5 rings (SSSR count). The van der Waals surface area contributed by atoms with Gasteiger partial charge in [-0.1, -0.05) is 39.5 Å². The van der Waals surface area contributed by atoms with Crippen molar-refractivity contribution in [3.05, 3.63) is 65.5 Å². The van der Waals surface area contributed by atoms with Gasteiger partial charge in [0.25, 0.3) is 0 Å². The minimum atomic E-state index is 0.544. The number of hydrogen-bond donors (Lipinski definition) is 2. The van der Waals surface area contributed by atoms with Crippen molar-refractivity contribution in [2.75, 3.05) is 61.8 Å². The molecule has 2 fully saturated rings. The molecule has 3 aromatic rings. The maximum atomic E-state index is 4.96. The van der Waals surface area contributed by atoms with Crippen molar-refractivity contribution >= 4 is 34.5 Å². The Labute approximate surface area is 253 Å². The Morgan fingerprint density at radius 1 is 0.929 bits per heavy atom. The molecule has 8 heteroatoms. The van der Waals surface area contributed by atoms with Crippen molar-refractivity contribution in [3.8, 4) is 0 Å². The highest BCUT2D eigenvalue weighted by molar-refractivity contribution is 5.79. The molecule has 0 aliphatic carbocycles. The second-order valence-corrected chi connectivity index (χ2v) is 11.3. The van der Waals surface area contributed by atoms with Gasteiger partial charge in [0.15, 0.2) is 0 Å². The number of aryl methyl sites for hydroxylation is 3. The molecule has 0 bridgehead atoms. The SMILES string of the molecule is C=C(C)c1c(CC)cccc1Nc1nc(Nc2ccc(N3CCC(N4CCN(C)CC4)CC3)nc2C)ncc1C.CC. The van der Waals surface area contributed by atoms with E-state index in [4.69, 9.17) is 9.97 Å². The van der Waals surface area contributed by atoms with Crippen LogP contribution in [0, 0.1) is 13.8 Å². The average Bonchev–Trinajstić information content (AvgIpc) is 3.01. The minimum absolute atomic E-state index is 0.544. The summed E-state index contributed by atoms with van der Waals surface area (Å²) >= 11 is 0. The van der Waals surface area contributed by atoms with E-state index in [0.717, 1.165) is 64.9 Å². The van der Waals surface area contributed by atoms with Gasteiger partial charge in [-0.3, -0.25) is 4.90 Å². The number of likely N-dealkylation sites (N-methyl/N-ethyl adjacent to an activating group) is 1. The third kappa shape index (κ3) is 7.47. The Balaban J connectivity index is 0.00000198. The zero-order chi connectivity index (χ0) is 30.2. The van der Waals surface area contributed by atoms with Crippen LogP contribution in [0.1, 0.15) is 62.9 Å². The van der Waals surface area contributed by atoms with Gasteiger partial charge in [0, 0.05) is 68.3 Å². The molecule has 0 radical (unpaired) electrons. The molecular weight excluding hydrogens is 520 g/mol. The first kappa shape index (κ1) is 31.4. The van der Waals surface area contributed by atoms with Crippen LogP contribution in [0.2, 0.25) is 0 Å². The fourth-order valence-corrected chi connectivity index (χ4v) is 5.88. The molecule has 2 aromatic heterocycles. The first-order chi connectivity index (χ1) is 20.3. The molecule has 2 aliphatic heterocycles. The first-order valence-corrected chi connectivity index (χ1v) is 15.6. The number of aromatic nitrogens is 3. The molecule has 0 amide bonds. The van der Waals surface area contributed by atoms with E-state index in [9.17, 15) is 0 Å². The first-order valence-electron chi connectivity index (χ1n) is 15.6. The summed E-state index contributed by atoms with van der Waals surface area (Å²) in [6.07, 6.45) is 5.20. The average molecular weight is 571 g/mol. The van der Waals surface area contributed by atoms with Gasteiger partial charge in [0.05, 0.1) is 11.4 Å². The number of allylic oxidation sites excluding steroid dienone is 1. The van der Waals surface area contributed by atoms with Crippen LogP contribution in [-0.2, 0) is 6.42 Å². The maximum absolute atomic E-state index is 4.96. The fourth-order valence-electron chi connectivity index (χ4n) is 5.88. The summed E-state index contributed by atoms with van der Waals surface area (Å²) in [7, 11) is 2.22. The van der Waals surface area contributed by atoms with Gasteiger partial charge >= 0.3 is 0 Å². The van der Waals surface area contributed by atoms with Crippen molar-refractivity contribution in [3.63, 3.8) is 0 Å². The van der Waals surface area contributed by atoms with Crippen molar-refractivity contribution in [1.82, 2.24) is 24.8 Å². The van der Waals surface area contributed by atoms with Crippen molar-refractivity contribution in [2.24, 2.45) is 0 Å². The highest BCUT2D eigenvalue weighted by Gasteiger charge is 2.27. The van der Waals surface area contributed by atoms with E-state index in [0.29, 0.717) is 12.0 Å². The Kier molecular flexibility index (Phi) is 10.9. The monoisotopic (exact) mass is 570 g/mol. The van der Waals surface area contributed by atoms with Crippen LogP contribution >= 0.6 is 0 Å². The summed E-state index contributed by atoms with van der Waals surface area (Å²) < 4.78 is 0. The molecule has 0 unspecified atom stereocenters. The van der Waals surface area contributed by atoms with Crippen molar-refractivity contribution < 1.29 is 0 Å². The molecule has 2 saturated heterocycles. The lowest BCUT2D eigenvalue weighted by molar-refractivity contribution is 0.0981. The molecule has 2 aliphatic rings. The van der Waals surface area contributed by atoms with Gasteiger partial charge < -0.3 is 20.4 Å². The molecule has 0 atom stereocenters. The molecule has 4 heterocycles. The Hall–Kier alpha value is -3.49. The van der Waals surface area contributed by atoms with Gasteiger partial charge in [0.2, 0.25) is 5.95 Å². The van der Waals surface area contributed by atoms with Gasteiger partial charge in [-0.05, 0) is 76.4 Å². The van der Waals surface area contributed by atoms with Crippen LogP contribution in [0.3, 0.4) is 0 Å². The summed E-state index contributed by atoms with van der Waals surface area (Å²) in [4.78, 5) is 21.9. The summed E-state index contributed by atoms with van der Waals surface area (Å²) in [6, 6.07) is 11.2. The third-order valence-corrected chi connectivity index (χ3v) is 8.34. The number of rotatable bonds is 8. The Bertz CT molecular complexity index is 1340. The lowest BCUT2D eigenvalue weighted by Crippen LogP contribution is -2.52. The number of nitrogens with zero attached hydrogens (tertiary/aromatic N) is 6.